The molecule has 0 spiro atoms. The van der Waals surface area contributed by atoms with Crippen molar-refractivity contribution in [2.45, 2.75) is 57.9 Å². The molecule has 9 heteroatoms. The molecule has 0 aromatic heterocycles. The van der Waals surface area contributed by atoms with Gasteiger partial charge in [-0.1, -0.05) is 12.8 Å². The van der Waals surface area contributed by atoms with Gasteiger partial charge in [-0.3, -0.25) is 9.79 Å². The number of carbonyl (C=O) groups is 1. The molecule has 1 unspecified atom stereocenters. The van der Waals surface area contributed by atoms with Gasteiger partial charge in [0.15, 0.2) is 15.8 Å². The number of carbonyl (C=O) groups excluding carboxylic acids is 1. The van der Waals surface area contributed by atoms with E-state index in [-0.39, 0.29) is 35.3 Å². The third-order valence-corrected chi connectivity index (χ3v) is 7.43. The van der Waals surface area contributed by atoms with Gasteiger partial charge in [0.25, 0.3) is 0 Å². The van der Waals surface area contributed by atoms with Crippen molar-refractivity contribution in [2.24, 2.45) is 10.4 Å². The van der Waals surface area contributed by atoms with Gasteiger partial charge in [-0.05, 0) is 38.0 Å². The minimum Gasteiger partial charge on any atom is -0.385 e. The second-order valence-electron chi connectivity index (χ2n) is 7.99. The van der Waals surface area contributed by atoms with E-state index in [2.05, 4.69) is 16.0 Å². The maximum absolute atomic E-state index is 12.1. The Kier molecular flexibility index (Phi) is 9.01. The van der Waals surface area contributed by atoms with Crippen molar-refractivity contribution < 1.29 is 17.9 Å². The molecule has 1 saturated heterocycles. The van der Waals surface area contributed by atoms with Crippen molar-refractivity contribution in [2.75, 3.05) is 44.9 Å². The van der Waals surface area contributed by atoms with Crippen LogP contribution in [0.4, 0.5) is 0 Å². The molecule has 0 aromatic carbocycles. The minimum absolute atomic E-state index is 0.0554. The van der Waals surface area contributed by atoms with Gasteiger partial charge < -0.3 is 20.7 Å². The van der Waals surface area contributed by atoms with Crippen LogP contribution >= 0.6 is 0 Å². The Balaban J connectivity index is 1.78. The zero-order chi connectivity index (χ0) is 20.5. The number of hydrogen-bond donors (Lipinski definition) is 3. The van der Waals surface area contributed by atoms with E-state index < -0.39 is 9.84 Å². The van der Waals surface area contributed by atoms with E-state index in [1.807, 2.05) is 6.92 Å². The van der Waals surface area contributed by atoms with Crippen LogP contribution < -0.4 is 16.0 Å². The number of nitrogens with zero attached hydrogens (tertiary/aromatic N) is 1. The number of amides is 1. The molecule has 1 heterocycles. The van der Waals surface area contributed by atoms with Gasteiger partial charge in [-0.15, -0.1) is 0 Å². The van der Waals surface area contributed by atoms with Crippen molar-refractivity contribution in [1.29, 1.82) is 0 Å². The predicted octanol–water partition coefficient (Wildman–Crippen LogP) is 0.832. The Morgan fingerprint density at radius 2 is 2.00 bits per heavy atom. The summed E-state index contributed by atoms with van der Waals surface area (Å²) in [5.41, 5.74) is 0.226. The van der Waals surface area contributed by atoms with E-state index >= 15 is 0 Å². The SMILES string of the molecule is CCNC(=NCC1(CCOC)CCCC1)NCCC(=O)NC1CCS(=O)(=O)C1. The van der Waals surface area contributed by atoms with Crippen molar-refractivity contribution in [1.82, 2.24) is 16.0 Å². The summed E-state index contributed by atoms with van der Waals surface area (Å²) in [5.74, 6) is 0.818. The molecule has 1 saturated carbocycles. The first-order valence-electron chi connectivity index (χ1n) is 10.4. The number of aliphatic imine (C=N–C) groups is 1. The van der Waals surface area contributed by atoms with E-state index in [1.165, 1.54) is 25.7 Å². The number of sulfone groups is 1. The van der Waals surface area contributed by atoms with Gasteiger partial charge in [0.1, 0.15) is 0 Å². The van der Waals surface area contributed by atoms with Crippen LogP contribution in [0.2, 0.25) is 0 Å². The first kappa shape index (κ1) is 22.9. The first-order chi connectivity index (χ1) is 13.4. The topological polar surface area (TPSA) is 109 Å². The monoisotopic (exact) mass is 416 g/mol. The molecule has 1 aliphatic carbocycles. The molecule has 2 fully saturated rings. The minimum atomic E-state index is -2.98. The van der Waals surface area contributed by atoms with E-state index in [0.717, 1.165) is 32.1 Å². The van der Waals surface area contributed by atoms with E-state index in [1.54, 1.807) is 7.11 Å². The summed E-state index contributed by atoms with van der Waals surface area (Å²) in [7, 11) is -1.24. The van der Waals surface area contributed by atoms with Crippen molar-refractivity contribution in [3.8, 4) is 0 Å². The Labute approximate surface area is 169 Å². The van der Waals surface area contributed by atoms with Crippen LogP contribution in [0.1, 0.15) is 51.9 Å². The van der Waals surface area contributed by atoms with Crippen molar-refractivity contribution in [3.63, 3.8) is 0 Å². The summed E-state index contributed by atoms with van der Waals surface area (Å²) >= 11 is 0. The van der Waals surface area contributed by atoms with E-state index in [4.69, 9.17) is 9.73 Å². The fourth-order valence-electron chi connectivity index (χ4n) is 4.02. The summed E-state index contributed by atoms with van der Waals surface area (Å²) in [6.45, 7) is 4.75. The van der Waals surface area contributed by atoms with Crippen LogP contribution in [-0.2, 0) is 19.4 Å². The lowest BCUT2D eigenvalue weighted by Gasteiger charge is -2.27. The lowest BCUT2D eigenvalue weighted by atomic mass is 9.83. The summed E-state index contributed by atoms with van der Waals surface area (Å²) in [5, 5.41) is 9.27. The second kappa shape index (κ2) is 11.0. The Bertz CT molecular complexity index is 630. The first-order valence-corrected chi connectivity index (χ1v) is 12.2. The molecular formula is C19H36N4O4S. The molecule has 3 N–H and O–H groups in total. The zero-order valence-electron chi connectivity index (χ0n) is 17.3. The lowest BCUT2D eigenvalue weighted by Crippen LogP contribution is -2.41. The third-order valence-electron chi connectivity index (χ3n) is 5.66. The van der Waals surface area contributed by atoms with Crippen LogP contribution in [0.15, 0.2) is 4.99 Å². The van der Waals surface area contributed by atoms with Crippen LogP contribution in [-0.4, -0.2) is 71.2 Å². The number of nitrogens with one attached hydrogen (secondary N) is 3. The van der Waals surface area contributed by atoms with Crippen LogP contribution in [0.3, 0.4) is 0 Å². The van der Waals surface area contributed by atoms with Crippen LogP contribution in [0.5, 0.6) is 0 Å². The van der Waals surface area contributed by atoms with Gasteiger partial charge in [-0.2, -0.15) is 0 Å². The van der Waals surface area contributed by atoms with Crippen LogP contribution in [0, 0.1) is 5.41 Å². The molecule has 2 aliphatic rings. The predicted molar refractivity (Wildman–Crippen MR) is 111 cm³/mol. The maximum atomic E-state index is 12.1. The van der Waals surface area contributed by atoms with Gasteiger partial charge in [0.05, 0.1) is 11.5 Å². The normalized spacial score (nSPS) is 23.5. The molecule has 162 valence electrons. The highest BCUT2D eigenvalue weighted by Crippen LogP contribution is 2.41. The second-order valence-corrected chi connectivity index (χ2v) is 10.2. The summed E-state index contributed by atoms with van der Waals surface area (Å²) in [6.07, 6.45) is 6.70. The average molecular weight is 417 g/mol. The number of methoxy groups -OCH3 is 1. The number of guanidine groups is 1. The quantitative estimate of drug-likeness (QED) is 0.360. The zero-order valence-corrected chi connectivity index (χ0v) is 18.1. The highest BCUT2D eigenvalue weighted by atomic mass is 32.2. The van der Waals surface area contributed by atoms with E-state index in [9.17, 15) is 13.2 Å². The largest absolute Gasteiger partial charge is 0.385 e. The molecule has 0 radical (unpaired) electrons. The Hall–Kier alpha value is -1.35. The summed E-state index contributed by atoms with van der Waals surface area (Å²) in [6, 6.07) is -0.248. The third kappa shape index (κ3) is 7.58. The highest BCUT2D eigenvalue weighted by molar-refractivity contribution is 7.91. The number of ether oxygens (including phenoxy) is 1. The smallest absolute Gasteiger partial charge is 0.222 e. The van der Waals surface area contributed by atoms with Gasteiger partial charge in [-0.25, -0.2) is 8.42 Å². The molecule has 8 nitrogen and oxygen atoms in total. The molecule has 28 heavy (non-hydrogen) atoms. The molecule has 1 atom stereocenters. The van der Waals surface area contributed by atoms with Gasteiger partial charge in [0, 0.05) is 45.8 Å². The number of hydrogen-bond acceptors (Lipinski definition) is 5. The molecule has 0 bridgehead atoms. The standard InChI is InChI=1S/C19H36N4O4S/c1-3-20-18(22-15-19(10-12-27-2)8-4-5-9-19)21-11-6-17(24)23-16-7-13-28(25,26)14-16/h16H,3-15H2,1-2H3,(H,23,24)(H2,20,21,22). The molecule has 1 aliphatic heterocycles. The molecule has 2 rings (SSSR count). The molecule has 1 amide bonds. The highest BCUT2D eigenvalue weighted by Gasteiger charge is 2.33. The summed E-state index contributed by atoms with van der Waals surface area (Å²) in [4.78, 5) is 16.8. The Morgan fingerprint density at radius 3 is 2.61 bits per heavy atom. The number of rotatable bonds is 10. The van der Waals surface area contributed by atoms with Crippen molar-refractivity contribution >= 4 is 21.7 Å². The van der Waals surface area contributed by atoms with Gasteiger partial charge in [0.2, 0.25) is 5.91 Å². The molecule has 0 aromatic rings. The maximum Gasteiger partial charge on any atom is 0.222 e. The fourth-order valence-corrected chi connectivity index (χ4v) is 5.70. The van der Waals surface area contributed by atoms with E-state index in [0.29, 0.717) is 13.0 Å². The fraction of sp³-hybridized carbons (Fsp3) is 0.895. The van der Waals surface area contributed by atoms with Crippen LogP contribution in [0.25, 0.3) is 0 Å². The Morgan fingerprint density at radius 1 is 1.25 bits per heavy atom. The average Bonchev–Trinajstić information content (AvgIpc) is 3.24. The van der Waals surface area contributed by atoms with Gasteiger partial charge >= 0.3 is 0 Å². The lowest BCUT2D eigenvalue weighted by molar-refractivity contribution is -0.121. The van der Waals surface area contributed by atoms with Crippen molar-refractivity contribution in [3.05, 3.63) is 0 Å². The summed E-state index contributed by atoms with van der Waals surface area (Å²) < 4.78 is 28.2. The molecular weight excluding hydrogens is 380 g/mol.